The molecule has 92 valence electrons. The van der Waals surface area contributed by atoms with Crippen molar-refractivity contribution in [2.45, 2.75) is 39.3 Å². The highest BCUT2D eigenvalue weighted by Crippen LogP contribution is 2.20. The van der Waals surface area contributed by atoms with E-state index in [9.17, 15) is 0 Å². The molecule has 1 aromatic carbocycles. The molecule has 0 bridgehead atoms. The van der Waals surface area contributed by atoms with Crippen LogP contribution in [0.25, 0.3) is 0 Å². The highest BCUT2D eigenvalue weighted by Gasteiger charge is 2.08. The molecule has 0 saturated carbocycles. The highest BCUT2D eigenvalue weighted by atomic mass is 16.5. The predicted octanol–water partition coefficient (Wildman–Crippen LogP) is 3.04. The lowest BCUT2D eigenvalue weighted by atomic mass is 10.1. The number of nitrogens with zero attached hydrogens (tertiary/aromatic N) is 1. The fraction of sp³-hybridized carbons (Fsp3) is 0.500. The Morgan fingerprint density at radius 2 is 2.18 bits per heavy atom. The Balaban J connectivity index is 2.75. The summed E-state index contributed by atoms with van der Waals surface area (Å²) >= 11 is 0. The Kier molecular flexibility index (Phi) is 5.51. The van der Waals surface area contributed by atoms with E-state index in [2.05, 4.69) is 31.3 Å². The Hall–Kier alpha value is -1.53. The number of nitriles is 1. The van der Waals surface area contributed by atoms with Crippen molar-refractivity contribution in [2.75, 3.05) is 6.54 Å². The van der Waals surface area contributed by atoms with Gasteiger partial charge in [-0.05, 0) is 37.6 Å². The van der Waals surface area contributed by atoms with Gasteiger partial charge in [-0.2, -0.15) is 5.26 Å². The third-order valence-corrected chi connectivity index (χ3v) is 2.66. The Morgan fingerprint density at radius 1 is 1.41 bits per heavy atom. The average molecular weight is 232 g/mol. The molecule has 3 nitrogen and oxygen atoms in total. The second-order valence-electron chi connectivity index (χ2n) is 4.00. The zero-order chi connectivity index (χ0) is 12.7. The molecule has 0 saturated heterocycles. The summed E-state index contributed by atoms with van der Waals surface area (Å²) in [5.74, 6) is 0.764. The van der Waals surface area contributed by atoms with E-state index < -0.39 is 0 Å². The molecular formula is C14H20N2O. The van der Waals surface area contributed by atoms with Crippen LogP contribution < -0.4 is 10.1 Å². The molecule has 17 heavy (non-hydrogen) atoms. The zero-order valence-corrected chi connectivity index (χ0v) is 10.7. The highest BCUT2D eigenvalue weighted by molar-refractivity contribution is 5.30. The number of benzene rings is 1. The summed E-state index contributed by atoms with van der Waals surface area (Å²) in [5.41, 5.74) is 1.18. The fourth-order valence-electron chi connectivity index (χ4n) is 1.65. The van der Waals surface area contributed by atoms with E-state index in [1.807, 2.05) is 25.1 Å². The molecule has 0 fully saturated rings. The van der Waals surface area contributed by atoms with Crippen LogP contribution in [0.1, 0.15) is 38.8 Å². The van der Waals surface area contributed by atoms with Crippen LogP contribution in [0, 0.1) is 11.3 Å². The number of ether oxygens (including phenoxy) is 1. The largest absolute Gasteiger partial charge is 0.476 e. The van der Waals surface area contributed by atoms with Gasteiger partial charge < -0.3 is 10.1 Å². The fourth-order valence-corrected chi connectivity index (χ4v) is 1.65. The molecule has 2 unspecified atom stereocenters. The number of hydrogen-bond acceptors (Lipinski definition) is 3. The van der Waals surface area contributed by atoms with E-state index in [-0.39, 0.29) is 6.10 Å². The van der Waals surface area contributed by atoms with E-state index in [1.54, 1.807) is 0 Å². The SMILES string of the molecule is CCNC(C)c1cccc(OC(C#N)CC)c1. The van der Waals surface area contributed by atoms with Gasteiger partial charge in [-0.25, -0.2) is 0 Å². The van der Waals surface area contributed by atoms with Crippen LogP contribution in [0.3, 0.4) is 0 Å². The van der Waals surface area contributed by atoms with E-state index in [0.717, 1.165) is 12.3 Å². The van der Waals surface area contributed by atoms with Crippen molar-refractivity contribution >= 4 is 0 Å². The molecule has 0 aliphatic rings. The van der Waals surface area contributed by atoms with Gasteiger partial charge in [0, 0.05) is 6.04 Å². The molecule has 0 heterocycles. The average Bonchev–Trinajstić information content (AvgIpc) is 2.36. The summed E-state index contributed by atoms with van der Waals surface area (Å²) in [4.78, 5) is 0. The minimum atomic E-state index is -0.361. The zero-order valence-electron chi connectivity index (χ0n) is 10.7. The molecule has 0 aliphatic carbocycles. The number of rotatable bonds is 6. The smallest absolute Gasteiger partial charge is 0.184 e. The number of nitrogens with one attached hydrogen (secondary N) is 1. The second-order valence-corrected chi connectivity index (χ2v) is 4.00. The predicted molar refractivity (Wildman–Crippen MR) is 68.9 cm³/mol. The van der Waals surface area contributed by atoms with Crippen molar-refractivity contribution < 1.29 is 4.74 Å². The first-order valence-corrected chi connectivity index (χ1v) is 6.10. The van der Waals surface area contributed by atoms with Crippen LogP contribution in [-0.2, 0) is 0 Å². The first-order chi connectivity index (χ1) is 8.21. The maximum atomic E-state index is 8.86. The molecule has 0 amide bonds. The minimum absolute atomic E-state index is 0.297. The molecule has 2 atom stereocenters. The van der Waals surface area contributed by atoms with Crippen LogP contribution >= 0.6 is 0 Å². The lowest BCUT2D eigenvalue weighted by molar-refractivity contribution is 0.251. The van der Waals surface area contributed by atoms with Crippen molar-refractivity contribution in [2.24, 2.45) is 0 Å². The van der Waals surface area contributed by atoms with Crippen LogP contribution in [-0.4, -0.2) is 12.6 Å². The molecule has 0 aliphatic heterocycles. The van der Waals surface area contributed by atoms with Gasteiger partial charge >= 0.3 is 0 Å². The monoisotopic (exact) mass is 232 g/mol. The summed E-state index contributed by atoms with van der Waals surface area (Å²) in [7, 11) is 0. The molecule has 0 aromatic heterocycles. The summed E-state index contributed by atoms with van der Waals surface area (Å²) in [6, 6.07) is 10.3. The topological polar surface area (TPSA) is 45.0 Å². The van der Waals surface area contributed by atoms with Crippen LogP contribution in [0.5, 0.6) is 5.75 Å². The maximum Gasteiger partial charge on any atom is 0.184 e. The molecule has 1 N–H and O–H groups in total. The quantitative estimate of drug-likeness (QED) is 0.820. The molecule has 3 heteroatoms. The van der Waals surface area contributed by atoms with Crippen molar-refractivity contribution in [1.29, 1.82) is 5.26 Å². The van der Waals surface area contributed by atoms with Crippen LogP contribution in [0.2, 0.25) is 0 Å². The van der Waals surface area contributed by atoms with Gasteiger partial charge in [0.05, 0.1) is 0 Å². The summed E-state index contributed by atoms with van der Waals surface area (Å²) in [6.45, 7) is 7.07. The molecular weight excluding hydrogens is 212 g/mol. The summed E-state index contributed by atoms with van der Waals surface area (Å²) in [6.07, 6.45) is 0.337. The van der Waals surface area contributed by atoms with E-state index in [0.29, 0.717) is 12.5 Å². The van der Waals surface area contributed by atoms with Crippen molar-refractivity contribution in [3.63, 3.8) is 0 Å². The van der Waals surface area contributed by atoms with Gasteiger partial charge in [-0.1, -0.05) is 26.0 Å². The van der Waals surface area contributed by atoms with Gasteiger partial charge in [0.2, 0.25) is 0 Å². The Labute approximate surface area is 103 Å². The van der Waals surface area contributed by atoms with Gasteiger partial charge in [-0.3, -0.25) is 0 Å². The first-order valence-electron chi connectivity index (χ1n) is 6.10. The van der Waals surface area contributed by atoms with Gasteiger partial charge in [0.1, 0.15) is 11.8 Å². The summed E-state index contributed by atoms with van der Waals surface area (Å²) in [5, 5.41) is 12.2. The molecule has 1 aromatic rings. The van der Waals surface area contributed by atoms with Gasteiger partial charge in [0.25, 0.3) is 0 Å². The van der Waals surface area contributed by atoms with E-state index in [1.165, 1.54) is 5.56 Å². The minimum Gasteiger partial charge on any atom is -0.476 e. The van der Waals surface area contributed by atoms with Crippen molar-refractivity contribution in [1.82, 2.24) is 5.32 Å². The molecule has 0 radical (unpaired) electrons. The summed E-state index contributed by atoms with van der Waals surface area (Å²) < 4.78 is 5.59. The lowest BCUT2D eigenvalue weighted by Crippen LogP contribution is -2.18. The van der Waals surface area contributed by atoms with E-state index in [4.69, 9.17) is 10.00 Å². The maximum absolute atomic E-state index is 8.86. The van der Waals surface area contributed by atoms with Crippen molar-refractivity contribution in [3.05, 3.63) is 29.8 Å². The van der Waals surface area contributed by atoms with Gasteiger partial charge in [-0.15, -0.1) is 0 Å². The Morgan fingerprint density at radius 3 is 2.76 bits per heavy atom. The van der Waals surface area contributed by atoms with E-state index >= 15 is 0 Å². The van der Waals surface area contributed by atoms with Gasteiger partial charge in [0.15, 0.2) is 6.10 Å². The van der Waals surface area contributed by atoms with Crippen LogP contribution in [0.15, 0.2) is 24.3 Å². The molecule has 0 spiro atoms. The lowest BCUT2D eigenvalue weighted by Gasteiger charge is -2.15. The normalized spacial score (nSPS) is 13.8. The Bertz CT molecular complexity index is 384. The number of hydrogen-bond donors (Lipinski definition) is 1. The third-order valence-electron chi connectivity index (χ3n) is 2.66. The second kappa shape index (κ2) is 6.93. The standard InChI is InChI=1S/C14H20N2O/c1-4-13(10-15)17-14-8-6-7-12(9-14)11(3)16-5-2/h6-9,11,13,16H,4-5H2,1-3H3. The molecule has 1 rings (SSSR count). The van der Waals surface area contributed by atoms with Crippen LogP contribution in [0.4, 0.5) is 0 Å². The van der Waals surface area contributed by atoms with Crippen molar-refractivity contribution in [3.8, 4) is 11.8 Å². The third kappa shape index (κ3) is 4.08. The first kappa shape index (κ1) is 13.5.